The quantitative estimate of drug-likeness (QED) is 0.578. The fourth-order valence-corrected chi connectivity index (χ4v) is 1.87. The second-order valence-electron chi connectivity index (χ2n) is 4.10. The Labute approximate surface area is 76.9 Å². The lowest BCUT2D eigenvalue weighted by molar-refractivity contribution is 0.286. The minimum atomic E-state index is 1.12. The van der Waals surface area contributed by atoms with Crippen molar-refractivity contribution >= 4 is 0 Å². The molecule has 1 saturated carbocycles. The van der Waals surface area contributed by atoms with Crippen LogP contribution in [0.3, 0.4) is 0 Å². The first-order valence-corrected chi connectivity index (χ1v) is 5.58. The van der Waals surface area contributed by atoms with Crippen LogP contribution in [0.4, 0.5) is 0 Å². The molecule has 1 N–H and O–H groups in total. The molecule has 0 heterocycles. The predicted octanol–water partition coefficient (Wildman–Crippen LogP) is 2.96. The summed E-state index contributed by atoms with van der Waals surface area (Å²) in [5.41, 5.74) is 0. The monoisotopic (exact) mass is 169 g/mol. The highest BCUT2D eigenvalue weighted by molar-refractivity contribution is 4.68. The standard InChI is InChI=1S/C11H23N/c1-12-10-5-3-2-4-7-11-8-6-9-11/h11-12H,2-10H2,1H3. The maximum absolute atomic E-state index is 3.19. The molecule has 0 bridgehead atoms. The highest BCUT2D eigenvalue weighted by Crippen LogP contribution is 2.30. The van der Waals surface area contributed by atoms with Gasteiger partial charge in [-0.25, -0.2) is 0 Å². The molecule has 0 amide bonds. The van der Waals surface area contributed by atoms with Crippen LogP contribution in [-0.4, -0.2) is 13.6 Å². The first-order valence-electron chi connectivity index (χ1n) is 5.58. The lowest BCUT2D eigenvalue weighted by Crippen LogP contribution is -2.10. The van der Waals surface area contributed by atoms with E-state index >= 15 is 0 Å². The molecule has 0 atom stereocenters. The van der Waals surface area contributed by atoms with Gasteiger partial charge in [0, 0.05) is 0 Å². The molecule has 0 unspecified atom stereocenters. The van der Waals surface area contributed by atoms with Crippen molar-refractivity contribution in [2.75, 3.05) is 13.6 Å². The van der Waals surface area contributed by atoms with Crippen molar-refractivity contribution in [2.24, 2.45) is 5.92 Å². The zero-order valence-electron chi connectivity index (χ0n) is 8.44. The van der Waals surface area contributed by atoms with E-state index in [1.165, 1.54) is 57.9 Å². The Kier molecular flexibility index (Phi) is 5.42. The van der Waals surface area contributed by atoms with Crippen LogP contribution < -0.4 is 5.32 Å². The van der Waals surface area contributed by atoms with Crippen LogP contribution in [0.15, 0.2) is 0 Å². The Morgan fingerprint density at radius 1 is 1.08 bits per heavy atom. The van der Waals surface area contributed by atoms with Crippen molar-refractivity contribution in [2.45, 2.75) is 51.4 Å². The highest BCUT2D eigenvalue weighted by atomic mass is 14.8. The van der Waals surface area contributed by atoms with Gasteiger partial charge >= 0.3 is 0 Å². The second-order valence-corrected chi connectivity index (χ2v) is 4.10. The van der Waals surface area contributed by atoms with Gasteiger partial charge in [-0.1, -0.05) is 44.9 Å². The molecule has 0 aliphatic heterocycles. The molecular formula is C11H23N. The van der Waals surface area contributed by atoms with Crippen molar-refractivity contribution in [3.8, 4) is 0 Å². The SMILES string of the molecule is CNCCCCCCC1CCC1. The third kappa shape index (κ3) is 4.10. The molecule has 1 aliphatic rings. The molecule has 72 valence electrons. The predicted molar refractivity (Wildman–Crippen MR) is 54.4 cm³/mol. The smallest absolute Gasteiger partial charge is 0.00519 e. The number of rotatable bonds is 7. The number of hydrogen-bond donors (Lipinski definition) is 1. The van der Waals surface area contributed by atoms with Gasteiger partial charge in [0.2, 0.25) is 0 Å². The molecule has 1 heteroatoms. The van der Waals surface area contributed by atoms with E-state index in [0.717, 1.165) is 5.92 Å². The summed E-state index contributed by atoms with van der Waals surface area (Å²) in [7, 11) is 2.04. The third-order valence-corrected chi connectivity index (χ3v) is 3.01. The van der Waals surface area contributed by atoms with E-state index in [2.05, 4.69) is 5.32 Å². The third-order valence-electron chi connectivity index (χ3n) is 3.01. The van der Waals surface area contributed by atoms with Crippen molar-refractivity contribution in [3.63, 3.8) is 0 Å². The molecule has 1 rings (SSSR count). The van der Waals surface area contributed by atoms with E-state index in [0.29, 0.717) is 0 Å². The molecule has 0 saturated heterocycles. The minimum absolute atomic E-state index is 1.12. The zero-order chi connectivity index (χ0) is 8.65. The zero-order valence-corrected chi connectivity index (χ0v) is 8.44. The molecule has 1 aliphatic carbocycles. The fraction of sp³-hybridized carbons (Fsp3) is 1.00. The minimum Gasteiger partial charge on any atom is -0.320 e. The van der Waals surface area contributed by atoms with Crippen molar-refractivity contribution < 1.29 is 0 Å². The first-order chi connectivity index (χ1) is 5.93. The van der Waals surface area contributed by atoms with Gasteiger partial charge in [0.1, 0.15) is 0 Å². The molecule has 0 aromatic heterocycles. The lowest BCUT2D eigenvalue weighted by Gasteiger charge is -2.24. The van der Waals surface area contributed by atoms with E-state index in [1.807, 2.05) is 7.05 Å². The van der Waals surface area contributed by atoms with Gasteiger partial charge in [-0.2, -0.15) is 0 Å². The van der Waals surface area contributed by atoms with Crippen molar-refractivity contribution in [3.05, 3.63) is 0 Å². The number of nitrogens with one attached hydrogen (secondary N) is 1. The summed E-state index contributed by atoms with van der Waals surface area (Å²) < 4.78 is 0. The van der Waals surface area contributed by atoms with Crippen LogP contribution in [0, 0.1) is 5.92 Å². The summed E-state index contributed by atoms with van der Waals surface area (Å²) in [4.78, 5) is 0. The highest BCUT2D eigenvalue weighted by Gasteiger charge is 2.15. The Bertz CT molecular complexity index is 97.2. The summed E-state index contributed by atoms with van der Waals surface area (Å²) in [6.45, 7) is 1.20. The second kappa shape index (κ2) is 6.47. The van der Waals surface area contributed by atoms with Crippen LogP contribution >= 0.6 is 0 Å². The lowest BCUT2D eigenvalue weighted by atomic mass is 9.82. The van der Waals surface area contributed by atoms with Crippen LogP contribution in [0.2, 0.25) is 0 Å². The Balaban J connectivity index is 1.70. The Morgan fingerprint density at radius 3 is 2.42 bits per heavy atom. The molecule has 0 aromatic carbocycles. The molecular weight excluding hydrogens is 146 g/mol. The van der Waals surface area contributed by atoms with E-state index in [-0.39, 0.29) is 0 Å². The van der Waals surface area contributed by atoms with Gasteiger partial charge in [-0.05, 0) is 25.9 Å². The van der Waals surface area contributed by atoms with Crippen molar-refractivity contribution in [1.29, 1.82) is 0 Å². The number of unbranched alkanes of at least 4 members (excludes halogenated alkanes) is 3. The number of hydrogen-bond acceptors (Lipinski definition) is 1. The average molecular weight is 169 g/mol. The average Bonchev–Trinajstić information content (AvgIpc) is 2.00. The van der Waals surface area contributed by atoms with E-state index < -0.39 is 0 Å². The fourth-order valence-electron chi connectivity index (χ4n) is 1.87. The molecule has 12 heavy (non-hydrogen) atoms. The normalized spacial score (nSPS) is 17.8. The van der Waals surface area contributed by atoms with E-state index in [9.17, 15) is 0 Å². The van der Waals surface area contributed by atoms with Crippen LogP contribution in [0.25, 0.3) is 0 Å². The molecule has 1 nitrogen and oxygen atoms in total. The van der Waals surface area contributed by atoms with Crippen LogP contribution in [0.1, 0.15) is 51.4 Å². The summed E-state index contributed by atoms with van der Waals surface area (Å²) in [6, 6.07) is 0. The van der Waals surface area contributed by atoms with Gasteiger partial charge < -0.3 is 5.32 Å². The molecule has 0 spiro atoms. The van der Waals surface area contributed by atoms with Crippen LogP contribution in [-0.2, 0) is 0 Å². The van der Waals surface area contributed by atoms with E-state index in [4.69, 9.17) is 0 Å². The van der Waals surface area contributed by atoms with Gasteiger partial charge in [-0.15, -0.1) is 0 Å². The van der Waals surface area contributed by atoms with Crippen molar-refractivity contribution in [1.82, 2.24) is 5.32 Å². The van der Waals surface area contributed by atoms with Gasteiger partial charge in [0.15, 0.2) is 0 Å². The van der Waals surface area contributed by atoms with E-state index in [1.54, 1.807) is 0 Å². The maximum Gasteiger partial charge on any atom is -0.00519 e. The molecule has 0 aromatic rings. The Hall–Kier alpha value is -0.0400. The topological polar surface area (TPSA) is 12.0 Å². The maximum atomic E-state index is 3.19. The van der Waals surface area contributed by atoms with Gasteiger partial charge in [0.25, 0.3) is 0 Å². The van der Waals surface area contributed by atoms with Gasteiger partial charge in [-0.3, -0.25) is 0 Å². The summed E-state index contributed by atoms with van der Waals surface area (Å²) in [5.74, 6) is 1.12. The molecule has 0 radical (unpaired) electrons. The van der Waals surface area contributed by atoms with Gasteiger partial charge in [0.05, 0.1) is 0 Å². The van der Waals surface area contributed by atoms with Crippen LogP contribution in [0.5, 0.6) is 0 Å². The summed E-state index contributed by atoms with van der Waals surface area (Å²) >= 11 is 0. The Morgan fingerprint density at radius 2 is 1.83 bits per heavy atom. The summed E-state index contributed by atoms with van der Waals surface area (Å²) in [5, 5.41) is 3.19. The molecule has 1 fully saturated rings. The summed E-state index contributed by atoms with van der Waals surface area (Å²) in [6.07, 6.45) is 11.8. The largest absolute Gasteiger partial charge is 0.320 e. The first kappa shape index (κ1) is 10.0.